The third-order valence-electron chi connectivity index (χ3n) is 6.49. The zero-order chi connectivity index (χ0) is 23.8. The monoisotopic (exact) mass is 485 g/mol. The molecule has 2 aliphatic rings. The Kier molecular flexibility index (Phi) is 6.07. The summed E-state index contributed by atoms with van der Waals surface area (Å²) < 4.78 is 21.5. The van der Waals surface area contributed by atoms with Gasteiger partial charge in [-0.3, -0.25) is 9.47 Å². The van der Waals surface area contributed by atoms with Gasteiger partial charge in [-0.15, -0.1) is 10.2 Å². The van der Waals surface area contributed by atoms with E-state index in [0.29, 0.717) is 36.3 Å². The first-order valence-corrected chi connectivity index (χ1v) is 11.7. The van der Waals surface area contributed by atoms with Crippen molar-refractivity contribution in [3.8, 4) is 5.69 Å². The fraction of sp³-hybridized carbons (Fsp3) is 0.435. The molecule has 0 bridgehead atoms. The first-order chi connectivity index (χ1) is 16.5. The second kappa shape index (κ2) is 9.17. The van der Waals surface area contributed by atoms with Crippen molar-refractivity contribution in [2.24, 2.45) is 0 Å². The van der Waals surface area contributed by atoms with Crippen molar-refractivity contribution in [3.63, 3.8) is 0 Å². The van der Waals surface area contributed by atoms with Crippen LogP contribution in [-0.4, -0.2) is 55.4 Å². The molecule has 5 rings (SSSR count). The first kappa shape index (κ1) is 22.5. The van der Waals surface area contributed by atoms with Gasteiger partial charge < -0.3 is 9.64 Å². The molecule has 11 heteroatoms. The van der Waals surface area contributed by atoms with E-state index in [1.807, 2.05) is 30.0 Å². The number of nitrogens with zero attached hydrogens (tertiary/aromatic N) is 7. The highest BCUT2D eigenvalue weighted by molar-refractivity contribution is 6.30. The maximum Gasteiger partial charge on any atom is 0.410 e. The smallest absolute Gasteiger partial charge is 0.410 e. The largest absolute Gasteiger partial charge is 0.450 e. The molecule has 0 aliphatic carbocycles. The summed E-state index contributed by atoms with van der Waals surface area (Å²) in [7, 11) is 0. The Labute approximate surface area is 201 Å². The molecule has 2 aliphatic heterocycles. The number of rotatable bonds is 3. The molecule has 0 saturated carbocycles. The molecule has 0 radical (unpaired) electrons. The summed E-state index contributed by atoms with van der Waals surface area (Å²) >= 11 is 6.31. The highest BCUT2D eigenvalue weighted by Gasteiger charge is 2.35. The van der Waals surface area contributed by atoms with Crippen molar-refractivity contribution < 1.29 is 13.9 Å². The van der Waals surface area contributed by atoms with Gasteiger partial charge in [0.15, 0.2) is 17.5 Å². The van der Waals surface area contributed by atoms with Gasteiger partial charge in [-0.25, -0.2) is 19.2 Å². The van der Waals surface area contributed by atoms with E-state index < -0.39 is 11.9 Å². The molecule has 1 aromatic carbocycles. The number of carbonyl (C=O) groups is 1. The van der Waals surface area contributed by atoms with E-state index in [-0.39, 0.29) is 18.6 Å². The summed E-state index contributed by atoms with van der Waals surface area (Å²) in [6, 6.07) is 5.30. The Morgan fingerprint density at radius 2 is 2.00 bits per heavy atom. The Morgan fingerprint density at radius 1 is 1.24 bits per heavy atom. The number of anilines is 1. The molecule has 1 amide bonds. The van der Waals surface area contributed by atoms with Crippen LogP contribution in [0.25, 0.3) is 5.69 Å². The Morgan fingerprint density at radius 3 is 2.74 bits per heavy atom. The Hall–Kier alpha value is -3.27. The number of hydrogen-bond acceptors (Lipinski definition) is 7. The number of halogens is 2. The van der Waals surface area contributed by atoms with Gasteiger partial charge >= 0.3 is 6.09 Å². The van der Waals surface area contributed by atoms with Crippen LogP contribution in [0, 0.1) is 5.82 Å². The van der Waals surface area contributed by atoms with Crippen LogP contribution >= 0.6 is 11.6 Å². The predicted octanol–water partition coefficient (Wildman–Crippen LogP) is 4.27. The fourth-order valence-electron chi connectivity index (χ4n) is 4.77. The summed E-state index contributed by atoms with van der Waals surface area (Å²) in [6.45, 7) is 5.62. The number of amides is 1. The van der Waals surface area contributed by atoms with E-state index in [0.717, 1.165) is 29.9 Å². The molecule has 3 aromatic rings. The molecule has 1 unspecified atom stereocenters. The maximum absolute atomic E-state index is 14.2. The van der Waals surface area contributed by atoms with E-state index in [2.05, 4.69) is 24.7 Å². The molecule has 178 valence electrons. The predicted molar refractivity (Wildman–Crippen MR) is 124 cm³/mol. The first-order valence-electron chi connectivity index (χ1n) is 11.4. The molecule has 1 fully saturated rings. The molecule has 1 saturated heterocycles. The Balaban J connectivity index is 1.49. The van der Waals surface area contributed by atoms with E-state index in [9.17, 15) is 9.18 Å². The summed E-state index contributed by atoms with van der Waals surface area (Å²) in [6.07, 6.45) is 3.67. The lowest BCUT2D eigenvalue weighted by atomic mass is 9.95. The van der Waals surface area contributed by atoms with Gasteiger partial charge in [-0.05, 0) is 50.5 Å². The fourth-order valence-corrected chi connectivity index (χ4v) is 4.96. The van der Waals surface area contributed by atoms with Crippen LogP contribution in [0.1, 0.15) is 55.9 Å². The third-order valence-corrected chi connectivity index (χ3v) is 6.72. The van der Waals surface area contributed by atoms with Crippen LogP contribution in [-0.2, 0) is 11.3 Å². The number of carbonyl (C=O) groups excluding carboxylic acids is 1. The second-order valence-corrected chi connectivity index (χ2v) is 8.92. The van der Waals surface area contributed by atoms with Gasteiger partial charge in [0.2, 0.25) is 0 Å². The number of fused-ring (bicyclic) bond motifs is 3. The molecule has 9 nitrogen and oxygen atoms in total. The highest BCUT2D eigenvalue weighted by Crippen LogP contribution is 2.37. The van der Waals surface area contributed by atoms with Crippen LogP contribution in [0.4, 0.5) is 15.0 Å². The van der Waals surface area contributed by atoms with Crippen molar-refractivity contribution in [1.29, 1.82) is 0 Å². The summed E-state index contributed by atoms with van der Waals surface area (Å²) in [5.41, 5.74) is 1.80. The highest BCUT2D eigenvalue weighted by atomic mass is 35.5. The minimum absolute atomic E-state index is 0.118. The Bertz CT molecular complexity index is 1210. The number of ether oxygens (including phenoxy) is 1. The standard InChI is InChI=1S/C23H25ClFN7O2/c1-3-34-23(33)31-12-16-10-17(24)4-5-19(16)32-20(14(31)2)28-29-21(32)15-6-8-30(9-7-15)22-18(25)11-26-13-27-22/h4-5,10-11,13-15H,3,6-9,12H2,1-2H3. The van der Waals surface area contributed by atoms with Crippen molar-refractivity contribution in [2.75, 3.05) is 24.6 Å². The van der Waals surface area contributed by atoms with Crippen LogP contribution in [0.2, 0.25) is 5.02 Å². The van der Waals surface area contributed by atoms with Gasteiger partial charge in [0.05, 0.1) is 31.1 Å². The minimum atomic E-state index is -0.420. The average molecular weight is 486 g/mol. The van der Waals surface area contributed by atoms with E-state index in [1.165, 1.54) is 12.5 Å². The summed E-state index contributed by atoms with van der Waals surface area (Å²) in [5, 5.41) is 9.68. The van der Waals surface area contributed by atoms with Crippen LogP contribution in [0.5, 0.6) is 0 Å². The summed E-state index contributed by atoms with van der Waals surface area (Å²) in [5.74, 6) is 1.53. The van der Waals surface area contributed by atoms with Crippen LogP contribution in [0.15, 0.2) is 30.7 Å². The van der Waals surface area contributed by atoms with Crippen molar-refractivity contribution in [1.82, 2.24) is 29.6 Å². The summed E-state index contributed by atoms with van der Waals surface area (Å²) in [4.78, 5) is 24.2. The lowest BCUT2D eigenvalue weighted by molar-refractivity contribution is 0.0888. The number of benzene rings is 1. The van der Waals surface area contributed by atoms with Gasteiger partial charge in [0.25, 0.3) is 0 Å². The number of hydrogen-bond donors (Lipinski definition) is 0. The molecule has 2 aromatic heterocycles. The molecular weight excluding hydrogens is 461 g/mol. The molecule has 0 spiro atoms. The SMILES string of the molecule is CCOC(=O)N1Cc2cc(Cl)ccc2-n2c(C3CCN(c4ncncc4F)CC3)nnc2C1C. The second-order valence-electron chi connectivity index (χ2n) is 8.48. The molecule has 1 atom stereocenters. The van der Waals surface area contributed by atoms with Gasteiger partial charge in [0, 0.05) is 24.0 Å². The number of aromatic nitrogens is 5. The third kappa shape index (κ3) is 3.96. The van der Waals surface area contributed by atoms with E-state index in [4.69, 9.17) is 16.3 Å². The van der Waals surface area contributed by atoms with Crippen LogP contribution in [0.3, 0.4) is 0 Å². The lowest BCUT2D eigenvalue weighted by Gasteiger charge is -2.32. The van der Waals surface area contributed by atoms with Crippen molar-refractivity contribution in [2.45, 2.75) is 45.2 Å². The van der Waals surface area contributed by atoms with Crippen molar-refractivity contribution >= 4 is 23.5 Å². The topological polar surface area (TPSA) is 89.3 Å². The number of piperidine rings is 1. The quantitative estimate of drug-likeness (QED) is 0.547. The van der Waals surface area contributed by atoms with Gasteiger partial charge in [0.1, 0.15) is 12.2 Å². The van der Waals surface area contributed by atoms with Gasteiger partial charge in [-0.1, -0.05) is 11.6 Å². The van der Waals surface area contributed by atoms with E-state index >= 15 is 0 Å². The molecular formula is C23H25ClFN7O2. The molecule has 0 N–H and O–H groups in total. The normalized spacial score (nSPS) is 18.3. The lowest BCUT2D eigenvalue weighted by Crippen LogP contribution is -2.35. The molecule has 34 heavy (non-hydrogen) atoms. The minimum Gasteiger partial charge on any atom is -0.450 e. The van der Waals surface area contributed by atoms with Crippen LogP contribution < -0.4 is 4.90 Å². The maximum atomic E-state index is 14.2. The zero-order valence-corrected chi connectivity index (χ0v) is 19.7. The van der Waals surface area contributed by atoms with Crippen molar-refractivity contribution in [3.05, 3.63) is 58.8 Å². The molecule has 4 heterocycles. The van der Waals surface area contributed by atoms with E-state index in [1.54, 1.807) is 11.8 Å². The van der Waals surface area contributed by atoms with Gasteiger partial charge in [-0.2, -0.15) is 0 Å². The average Bonchev–Trinajstić information content (AvgIpc) is 3.23. The zero-order valence-electron chi connectivity index (χ0n) is 19.0.